The Balaban J connectivity index is 2.27. The molecule has 3 rings (SSSR count). The van der Waals surface area contributed by atoms with Crippen LogP contribution in [0.4, 0.5) is 0 Å². The number of hydrogen-bond donors (Lipinski definition) is 1. The molecule has 0 radical (unpaired) electrons. The predicted molar refractivity (Wildman–Crippen MR) is 83.4 cm³/mol. The van der Waals surface area contributed by atoms with Crippen molar-refractivity contribution in [1.82, 2.24) is 15.0 Å². The lowest BCUT2D eigenvalue weighted by Gasteiger charge is -2.06. The number of pyridine rings is 1. The fraction of sp³-hybridized carbons (Fsp3) is 0.133. The van der Waals surface area contributed by atoms with Crippen LogP contribution in [0, 0.1) is 6.92 Å². The largest absolute Gasteiger partial charge is 0.306 e. The first-order chi connectivity index (χ1) is 10.4. The summed E-state index contributed by atoms with van der Waals surface area (Å²) in [4.78, 5) is 22.7. The van der Waals surface area contributed by atoms with Gasteiger partial charge >= 0.3 is 0 Å². The van der Waals surface area contributed by atoms with E-state index in [9.17, 15) is 13.2 Å². The zero-order valence-corrected chi connectivity index (χ0v) is 12.8. The molecule has 1 N–H and O–H groups in total. The molecule has 1 aromatic carbocycles. The highest BCUT2D eigenvalue weighted by Crippen LogP contribution is 2.22. The van der Waals surface area contributed by atoms with Gasteiger partial charge in [0, 0.05) is 23.4 Å². The summed E-state index contributed by atoms with van der Waals surface area (Å²) in [5, 5.41) is 0.268. The van der Waals surface area contributed by atoms with Gasteiger partial charge in [-0.1, -0.05) is 24.3 Å². The molecule has 3 aromatic rings. The fourth-order valence-corrected chi connectivity index (χ4v) is 2.73. The highest BCUT2D eigenvalue weighted by Gasteiger charge is 2.14. The van der Waals surface area contributed by atoms with Crippen molar-refractivity contribution in [2.24, 2.45) is 0 Å². The SMILES string of the molecule is Cc1ccccc1-c1cc2cnc(S(C)(=O)=O)nc2[nH]c1=O. The second kappa shape index (κ2) is 5.03. The average molecular weight is 315 g/mol. The minimum absolute atomic E-state index is 0.206. The van der Waals surface area contributed by atoms with Crippen molar-refractivity contribution in [2.45, 2.75) is 12.1 Å². The van der Waals surface area contributed by atoms with Crippen LogP contribution in [-0.4, -0.2) is 29.6 Å². The molecule has 0 aliphatic carbocycles. The third-order valence-corrected chi connectivity index (χ3v) is 4.20. The van der Waals surface area contributed by atoms with E-state index in [0.29, 0.717) is 10.9 Å². The topological polar surface area (TPSA) is 92.8 Å². The molecule has 0 atom stereocenters. The first-order valence-corrected chi connectivity index (χ1v) is 8.41. The van der Waals surface area contributed by atoms with Crippen molar-refractivity contribution in [1.29, 1.82) is 0 Å². The van der Waals surface area contributed by atoms with Gasteiger partial charge in [-0.25, -0.2) is 18.4 Å². The molecular formula is C15H13N3O3S. The standard InChI is InChI=1S/C15H13N3O3S/c1-9-5-3-4-6-11(9)12-7-10-8-16-15(22(2,20)21)18-13(10)17-14(12)19/h3-8H,1-2H3,(H,16,17,18,19). The normalized spacial score (nSPS) is 11.7. The summed E-state index contributed by atoms with van der Waals surface area (Å²) in [6, 6.07) is 9.20. The lowest BCUT2D eigenvalue weighted by Crippen LogP contribution is -2.12. The molecule has 2 aromatic heterocycles. The Morgan fingerprint density at radius 3 is 2.55 bits per heavy atom. The Morgan fingerprint density at radius 2 is 1.86 bits per heavy atom. The van der Waals surface area contributed by atoms with Gasteiger partial charge in [-0.15, -0.1) is 0 Å². The molecule has 0 amide bonds. The predicted octanol–water partition coefficient (Wildman–Crippen LogP) is 1.70. The first kappa shape index (κ1) is 14.4. The maximum Gasteiger partial charge on any atom is 0.257 e. The molecule has 0 saturated carbocycles. The molecule has 0 fully saturated rings. The molecule has 0 unspecified atom stereocenters. The van der Waals surface area contributed by atoms with Gasteiger partial charge in [0.15, 0.2) is 0 Å². The molecule has 0 aliphatic rings. The van der Waals surface area contributed by atoms with Crippen LogP contribution in [0.3, 0.4) is 0 Å². The maximum absolute atomic E-state index is 12.3. The molecular weight excluding hydrogens is 302 g/mol. The average Bonchev–Trinajstić information content (AvgIpc) is 2.46. The Labute approximate surface area is 126 Å². The van der Waals surface area contributed by atoms with Gasteiger partial charge in [0.25, 0.3) is 5.56 Å². The summed E-state index contributed by atoms with van der Waals surface area (Å²) < 4.78 is 23.0. The van der Waals surface area contributed by atoms with Gasteiger partial charge in [0.05, 0.1) is 0 Å². The summed E-state index contributed by atoms with van der Waals surface area (Å²) in [6.45, 7) is 1.92. The minimum atomic E-state index is -3.52. The number of nitrogens with zero attached hydrogens (tertiary/aromatic N) is 2. The molecule has 112 valence electrons. The molecule has 0 bridgehead atoms. The van der Waals surface area contributed by atoms with Crippen LogP contribution in [-0.2, 0) is 9.84 Å². The Hall–Kier alpha value is -2.54. The van der Waals surface area contributed by atoms with Crippen molar-refractivity contribution in [3.05, 3.63) is 52.4 Å². The maximum atomic E-state index is 12.3. The smallest absolute Gasteiger partial charge is 0.257 e. The molecule has 0 spiro atoms. The summed E-state index contributed by atoms with van der Waals surface area (Å²) in [6.07, 6.45) is 2.42. The highest BCUT2D eigenvalue weighted by molar-refractivity contribution is 7.90. The number of aryl methyl sites for hydroxylation is 1. The number of aromatic nitrogens is 3. The summed E-state index contributed by atoms with van der Waals surface area (Å²) in [5.74, 6) is 0. The number of sulfone groups is 1. The van der Waals surface area contributed by atoms with Crippen LogP contribution in [0.5, 0.6) is 0 Å². The second-order valence-corrected chi connectivity index (χ2v) is 6.97. The second-order valence-electron chi connectivity index (χ2n) is 5.06. The summed E-state index contributed by atoms with van der Waals surface area (Å²) >= 11 is 0. The Kier molecular flexibility index (Phi) is 3.29. The van der Waals surface area contributed by atoms with E-state index in [1.807, 2.05) is 31.2 Å². The number of fused-ring (bicyclic) bond motifs is 1. The van der Waals surface area contributed by atoms with Crippen LogP contribution in [0.1, 0.15) is 5.56 Å². The molecule has 2 heterocycles. The van der Waals surface area contributed by atoms with Crippen molar-refractivity contribution < 1.29 is 8.42 Å². The zero-order chi connectivity index (χ0) is 15.9. The van der Waals surface area contributed by atoms with E-state index in [1.165, 1.54) is 6.20 Å². The lowest BCUT2D eigenvalue weighted by molar-refractivity contribution is 0.593. The third kappa shape index (κ3) is 2.50. The van der Waals surface area contributed by atoms with Crippen LogP contribution in [0.2, 0.25) is 0 Å². The minimum Gasteiger partial charge on any atom is -0.306 e. The van der Waals surface area contributed by atoms with Crippen molar-refractivity contribution in [3.8, 4) is 11.1 Å². The molecule has 6 nitrogen and oxygen atoms in total. The lowest BCUT2D eigenvalue weighted by atomic mass is 10.0. The number of H-pyrrole nitrogens is 1. The fourth-order valence-electron chi connectivity index (χ4n) is 2.23. The van der Waals surface area contributed by atoms with Gasteiger partial charge in [-0.05, 0) is 24.1 Å². The van der Waals surface area contributed by atoms with Gasteiger partial charge < -0.3 is 4.98 Å². The Morgan fingerprint density at radius 1 is 1.14 bits per heavy atom. The van der Waals surface area contributed by atoms with Crippen molar-refractivity contribution in [3.63, 3.8) is 0 Å². The van der Waals surface area contributed by atoms with Gasteiger partial charge in [-0.2, -0.15) is 0 Å². The van der Waals surface area contributed by atoms with Crippen LogP contribution >= 0.6 is 0 Å². The number of hydrogen-bond acceptors (Lipinski definition) is 5. The number of aromatic amines is 1. The van der Waals surface area contributed by atoms with E-state index in [0.717, 1.165) is 17.4 Å². The van der Waals surface area contributed by atoms with Crippen LogP contribution in [0.15, 0.2) is 46.5 Å². The van der Waals surface area contributed by atoms with E-state index in [1.54, 1.807) is 6.07 Å². The monoisotopic (exact) mass is 315 g/mol. The van der Waals surface area contributed by atoms with Crippen LogP contribution < -0.4 is 5.56 Å². The molecule has 22 heavy (non-hydrogen) atoms. The van der Waals surface area contributed by atoms with E-state index in [2.05, 4.69) is 15.0 Å². The molecule has 0 aliphatic heterocycles. The highest BCUT2D eigenvalue weighted by atomic mass is 32.2. The number of benzene rings is 1. The van der Waals surface area contributed by atoms with Gasteiger partial charge in [-0.3, -0.25) is 4.79 Å². The van der Waals surface area contributed by atoms with E-state index in [4.69, 9.17) is 0 Å². The van der Waals surface area contributed by atoms with Crippen LogP contribution in [0.25, 0.3) is 22.2 Å². The summed E-state index contributed by atoms with van der Waals surface area (Å²) in [5.41, 5.74) is 2.18. The van der Waals surface area contributed by atoms with Gasteiger partial charge in [0.1, 0.15) is 5.65 Å². The Bertz CT molecular complexity index is 1040. The number of nitrogens with one attached hydrogen (secondary N) is 1. The van der Waals surface area contributed by atoms with Crippen molar-refractivity contribution >= 4 is 20.9 Å². The molecule has 0 saturated heterocycles. The van der Waals surface area contributed by atoms with Gasteiger partial charge in [0.2, 0.25) is 15.0 Å². The third-order valence-electron chi connectivity index (χ3n) is 3.34. The van der Waals surface area contributed by atoms with Crippen molar-refractivity contribution in [2.75, 3.05) is 6.26 Å². The van der Waals surface area contributed by atoms with E-state index in [-0.39, 0.29) is 16.4 Å². The quantitative estimate of drug-likeness (QED) is 0.727. The van der Waals surface area contributed by atoms with E-state index < -0.39 is 9.84 Å². The number of rotatable bonds is 2. The first-order valence-electron chi connectivity index (χ1n) is 6.52. The zero-order valence-electron chi connectivity index (χ0n) is 12.0. The molecule has 7 heteroatoms. The van der Waals surface area contributed by atoms with E-state index >= 15 is 0 Å². The summed E-state index contributed by atoms with van der Waals surface area (Å²) in [7, 11) is -3.52.